The van der Waals surface area contributed by atoms with E-state index < -0.39 is 0 Å². The molecule has 14 heavy (non-hydrogen) atoms. The second-order valence-corrected chi connectivity index (χ2v) is 5.13. The first-order valence-electron chi connectivity index (χ1n) is 5.63. The topological polar surface area (TPSA) is 17.1 Å². The van der Waals surface area contributed by atoms with Gasteiger partial charge in [-0.15, -0.1) is 0 Å². The maximum absolute atomic E-state index is 10.3. The summed E-state index contributed by atoms with van der Waals surface area (Å²) in [6.07, 6.45) is 5.20. The lowest BCUT2D eigenvalue weighted by Gasteiger charge is -2.27. The van der Waals surface area contributed by atoms with Gasteiger partial charge in [0.05, 0.1) is 0 Å². The number of hydrogen-bond donors (Lipinski definition) is 0. The second kappa shape index (κ2) is 4.29. The van der Waals surface area contributed by atoms with Crippen molar-refractivity contribution in [3.8, 4) is 0 Å². The van der Waals surface area contributed by atoms with Crippen LogP contribution in [0.2, 0.25) is 0 Å². The third-order valence-electron chi connectivity index (χ3n) is 3.99. The van der Waals surface area contributed by atoms with Crippen LogP contribution in [-0.2, 0) is 4.79 Å². The molecule has 0 bridgehead atoms. The normalized spacial score (nSPS) is 29.0. The fourth-order valence-corrected chi connectivity index (χ4v) is 2.53. The van der Waals surface area contributed by atoms with Gasteiger partial charge in [-0.25, -0.2) is 0 Å². The van der Waals surface area contributed by atoms with Crippen molar-refractivity contribution in [3.63, 3.8) is 0 Å². The highest BCUT2D eigenvalue weighted by atomic mass is 16.1. The summed E-state index contributed by atoms with van der Waals surface area (Å²) < 4.78 is 0. The van der Waals surface area contributed by atoms with Crippen molar-refractivity contribution in [3.05, 3.63) is 11.1 Å². The van der Waals surface area contributed by atoms with Gasteiger partial charge < -0.3 is 4.79 Å². The highest BCUT2D eigenvalue weighted by molar-refractivity contribution is 5.50. The van der Waals surface area contributed by atoms with E-state index in [2.05, 4.69) is 27.7 Å². The van der Waals surface area contributed by atoms with Gasteiger partial charge in [-0.05, 0) is 37.5 Å². The predicted octanol–water partition coefficient (Wildman–Crippen LogP) is 3.74. The molecule has 1 nitrogen and oxygen atoms in total. The van der Waals surface area contributed by atoms with Crippen LogP contribution in [0.1, 0.15) is 53.4 Å². The number of carbonyl (C=O) groups excluding carboxylic acids is 1. The average molecular weight is 194 g/mol. The van der Waals surface area contributed by atoms with Crippen molar-refractivity contribution in [1.82, 2.24) is 0 Å². The molecule has 1 fully saturated rings. The molecule has 0 heterocycles. The summed E-state index contributed by atoms with van der Waals surface area (Å²) in [5.41, 5.74) is 3.41. The second-order valence-electron chi connectivity index (χ2n) is 5.13. The molecule has 0 aromatic heterocycles. The molecule has 1 aliphatic rings. The van der Waals surface area contributed by atoms with Gasteiger partial charge >= 0.3 is 0 Å². The Hall–Kier alpha value is -0.590. The lowest BCUT2D eigenvalue weighted by molar-refractivity contribution is -0.107. The summed E-state index contributed by atoms with van der Waals surface area (Å²) in [4.78, 5) is 10.3. The van der Waals surface area contributed by atoms with E-state index in [1.165, 1.54) is 18.4 Å². The Labute approximate surface area is 87.6 Å². The maximum atomic E-state index is 10.3. The minimum atomic E-state index is 0.354. The fourth-order valence-electron chi connectivity index (χ4n) is 2.53. The highest BCUT2D eigenvalue weighted by Crippen LogP contribution is 2.48. The third-order valence-corrected chi connectivity index (χ3v) is 3.99. The summed E-state index contributed by atoms with van der Waals surface area (Å²) in [7, 11) is 0. The Morgan fingerprint density at radius 3 is 2.64 bits per heavy atom. The van der Waals surface area contributed by atoms with Crippen LogP contribution in [-0.4, -0.2) is 6.29 Å². The minimum Gasteiger partial charge on any atom is -0.303 e. The van der Waals surface area contributed by atoms with Crippen LogP contribution in [0.25, 0.3) is 0 Å². The standard InChI is InChI=1S/C13H22O/c1-10(6-5-9-14)12-8-7-11(2)13(12,3)4/h9,11H,5-8H2,1-4H3/b12-10+. The van der Waals surface area contributed by atoms with E-state index in [0.717, 1.165) is 18.6 Å². The van der Waals surface area contributed by atoms with Crippen molar-refractivity contribution in [2.24, 2.45) is 11.3 Å². The first kappa shape index (κ1) is 11.5. The lowest BCUT2D eigenvalue weighted by atomic mass is 9.78. The van der Waals surface area contributed by atoms with E-state index >= 15 is 0 Å². The summed E-state index contributed by atoms with van der Waals surface area (Å²) in [6, 6.07) is 0. The van der Waals surface area contributed by atoms with Gasteiger partial charge in [-0.3, -0.25) is 0 Å². The Bertz CT molecular complexity index is 248. The van der Waals surface area contributed by atoms with Crippen molar-refractivity contribution in [2.75, 3.05) is 0 Å². The van der Waals surface area contributed by atoms with E-state index in [4.69, 9.17) is 0 Å². The van der Waals surface area contributed by atoms with E-state index in [-0.39, 0.29) is 0 Å². The molecule has 0 radical (unpaired) electrons. The van der Waals surface area contributed by atoms with Gasteiger partial charge in [-0.2, -0.15) is 0 Å². The van der Waals surface area contributed by atoms with Crippen molar-refractivity contribution < 1.29 is 4.79 Å². The van der Waals surface area contributed by atoms with Crippen molar-refractivity contribution >= 4 is 6.29 Å². The zero-order chi connectivity index (χ0) is 10.8. The zero-order valence-corrected chi connectivity index (χ0v) is 9.89. The van der Waals surface area contributed by atoms with E-state index in [1.807, 2.05) is 0 Å². The fraction of sp³-hybridized carbons (Fsp3) is 0.769. The molecule has 0 saturated heterocycles. The molecule has 1 aliphatic carbocycles. The molecule has 0 aromatic carbocycles. The minimum absolute atomic E-state index is 0.354. The first-order valence-corrected chi connectivity index (χ1v) is 5.63. The summed E-state index contributed by atoms with van der Waals surface area (Å²) >= 11 is 0. The summed E-state index contributed by atoms with van der Waals surface area (Å²) in [5.74, 6) is 0.781. The number of hydrogen-bond acceptors (Lipinski definition) is 1. The highest BCUT2D eigenvalue weighted by Gasteiger charge is 2.36. The molecular formula is C13H22O. The molecule has 1 atom stereocenters. The van der Waals surface area contributed by atoms with Gasteiger partial charge in [-0.1, -0.05) is 31.9 Å². The van der Waals surface area contributed by atoms with Gasteiger partial charge in [0, 0.05) is 6.42 Å². The molecule has 0 aromatic rings. The molecule has 1 unspecified atom stereocenters. The number of aldehydes is 1. The largest absolute Gasteiger partial charge is 0.303 e. The van der Waals surface area contributed by atoms with Crippen molar-refractivity contribution in [2.45, 2.75) is 53.4 Å². The quantitative estimate of drug-likeness (QED) is 0.494. The van der Waals surface area contributed by atoms with E-state index in [1.54, 1.807) is 5.57 Å². The molecule has 0 N–H and O–H groups in total. The first-order chi connectivity index (χ1) is 6.50. The lowest BCUT2D eigenvalue weighted by Crippen LogP contribution is -2.17. The van der Waals surface area contributed by atoms with Gasteiger partial charge in [0.15, 0.2) is 0 Å². The van der Waals surface area contributed by atoms with Crippen LogP contribution in [0.4, 0.5) is 0 Å². The molecule has 1 rings (SSSR count). The number of carbonyl (C=O) groups is 1. The van der Waals surface area contributed by atoms with Gasteiger partial charge in [0.25, 0.3) is 0 Å². The van der Waals surface area contributed by atoms with Crippen LogP contribution in [0.3, 0.4) is 0 Å². The smallest absolute Gasteiger partial charge is 0.120 e. The SMILES string of the molecule is C/C(CCC=O)=C1/CCC(C)C1(C)C. The molecule has 1 heteroatoms. The van der Waals surface area contributed by atoms with Crippen molar-refractivity contribution in [1.29, 1.82) is 0 Å². The van der Waals surface area contributed by atoms with Crippen LogP contribution in [0.5, 0.6) is 0 Å². The van der Waals surface area contributed by atoms with Crippen LogP contribution < -0.4 is 0 Å². The molecule has 1 saturated carbocycles. The molecule has 0 aliphatic heterocycles. The van der Waals surface area contributed by atoms with Gasteiger partial charge in [0.2, 0.25) is 0 Å². The van der Waals surface area contributed by atoms with Crippen LogP contribution in [0.15, 0.2) is 11.1 Å². The Kier molecular flexibility index (Phi) is 3.52. The number of rotatable bonds is 3. The Balaban J connectivity index is 2.81. The predicted molar refractivity (Wildman–Crippen MR) is 60.2 cm³/mol. The molecule has 0 amide bonds. The number of allylic oxidation sites excluding steroid dienone is 2. The summed E-state index contributed by atoms with van der Waals surface area (Å²) in [6.45, 7) is 9.20. The Morgan fingerprint density at radius 1 is 1.57 bits per heavy atom. The summed E-state index contributed by atoms with van der Waals surface area (Å²) in [5, 5.41) is 0. The average Bonchev–Trinajstić information content (AvgIpc) is 2.38. The monoisotopic (exact) mass is 194 g/mol. The van der Waals surface area contributed by atoms with E-state index in [0.29, 0.717) is 11.8 Å². The molecular weight excluding hydrogens is 172 g/mol. The van der Waals surface area contributed by atoms with Crippen LogP contribution in [0, 0.1) is 11.3 Å². The third kappa shape index (κ3) is 2.08. The molecule has 80 valence electrons. The van der Waals surface area contributed by atoms with E-state index in [9.17, 15) is 4.79 Å². The molecule has 0 spiro atoms. The zero-order valence-electron chi connectivity index (χ0n) is 9.89. The van der Waals surface area contributed by atoms with Gasteiger partial charge in [0.1, 0.15) is 6.29 Å². The Morgan fingerprint density at radius 2 is 2.21 bits per heavy atom. The van der Waals surface area contributed by atoms with Crippen LogP contribution >= 0.6 is 0 Å². The maximum Gasteiger partial charge on any atom is 0.120 e.